The van der Waals surface area contributed by atoms with Crippen LogP contribution >= 0.6 is 23.6 Å². The summed E-state index contributed by atoms with van der Waals surface area (Å²) in [4.78, 5) is 22.0. The molecule has 0 aliphatic rings. The summed E-state index contributed by atoms with van der Waals surface area (Å²) < 4.78 is 29.9. The van der Waals surface area contributed by atoms with E-state index >= 15 is 0 Å². The number of carbonyl (C=O) groups excluding carboxylic acids is 1. The van der Waals surface area contributed by atoms with Crippen molar-refractivity contribution in [1.29, 1.82) is 0 Å². The van der Waals surface area contributed by atoms with Crippen molar-refractivity contribution in [2.24, 2.45) is 0 Å². The van der Waals surface area contributed by atoms with Crippen molar-refractivity contribution in [3.63, 3.8) is 0 Å². The number of carbonyl (C=O) groups is 1. The third kappa shape index (κ3) is 9.29. The first-order valence-electron chi connectivity index (χ1n) is 13.6. The molecule has 0 bridgehead atoms. The van der Waals surface area contributed by atoms with Crippen molar-refractivity contribution >= 4 is 56.1 Å². The Morgan fingerprint density at radius 1 is 0.977 bits per heavy atom. The van der Waals surface area contributed by atoms with Gasteiger partial charge in [-0.25, -0.2) is 22.9 Å². The Labute approximate surface area is 261 Å². The first-order valence-corrected chi connectivity index (χ1v) is 16.3. The van der Waals surface area contributed by atoms with Gasteiger partial charge in [-0.2, -0.15) is 0 Å². The molecular formula is C30H35N7O3S3. The third-order valence-corrected chi connectivity index (χ3v) is 8.80. The topological polar surface area (TPSA) is 137 Å². The van der Waals surface area contributed by atoms with Crippen molar-refractivity contribution in [3.8, 4) is 21.0 Å². The SMILES string of the molecule is CC(C)NC(=S)Nc1ccc(-c2ncc(-c3ccc(NC(=O)NCc4ccccn4)cc3S(=O)(=O)NC(C)(C)C)s2)cc1. The Hall–Kier alpha value is -3.91. The fourth-order valence-electron chi connectivity index (χ4n) is 3.99. The molecule has 2 heterocycles. The van der Waals surface area contributed by atoms with Gasteiger partial charge in [0.1, 0.15) is 5.01 Å². The number of amides is 2. The Morgan fingerprint density at radius 2 is 1.70 bits per heavy atom. The fraction of sp³-hybridized carbons (Fsp3) is 0.267. The van der Waals surface area contributed by atoms with Gasteiger partial charge >= 0.3 is 6.03 Å². The number of nitrogens with one attached hydrogen (secondary N) is 5. The second kappa shape index (κ2) is 13.6. The van der Waals surface area contributed by atoms with Crippen molar-refractivity contribution in [1.82, 2.24) is 25.3 Å². The molecule has 43 heavy (non-hydrogen) atoms. The van der Waals surface area contributed by atoms with Crippen LogP contribution in [0.2, 0.25) is 0 Å². The van der Waals surface area contributed by atoms with Crippen LogP contribution in [0.25, 0.3) is 21.0 Å². The summed E-state index contributed by atoms with van der Waals surface area (Å²) in [7, 11) is -3.97. The highest BCUT2D eigenvalue weighted by atomic mass is 32.2. The van der Waals surface area contributed by atoms with Crippen molar-refractivity contribution < 1.29 is 13.2 Å². The summed E-state index contributed by atoms with van der Waals surface area (Å²) in [6, 6.07) is 17.6. The number of thiazole rings is 1. The van der Waals surface area contributed by atoms with Gasteiger partial charge in [0.15, 0.2) is 5.11 Å². The predicted octanol–water partition coefficient (Wildman–Crippen LogP) is 5.97. The lowest BCUT2D eigenvalue weighted by Crippen LogP contribution is -2.40. The predicted molar refractivity (Wildman–Crippen MR) is 178 cm³/mol. The van der Waals surface area contributed by atoms with Crippen LogP contribution in [0.4, 0.5) is 16.2 Å². The van der Waals surface area contributed by atoms with Crippen molar-refractivity contribution in [2.75, 3.05) is 10.6 Å². The molecule has 0 aliphatic heterocycles. The molecule has 0 saturated heterocycles. The monoisotopic (exact) mass is 637 g/mol. The van der Waals surface area contributed by atoms with Crippen LogP contribution in [0.3, 0.4) is 0 Å². The van der Waals surface area contributed by atoms with Gasteiger partial charge in [-0.15, -0.1) is 11.3 Å². The summed E-state index contributed by atoms with van der Waals surface area (Å²) in [5.41, 5.74) is 2.50. The van der Waals surface area contributed by atoms with E-state index in [0.717, 1.165) is 16.3 Å². The van der Waals surface area contributed by atoms with E-state index in [1.165, 1.54) is 17.4 Å². The zero-order valence-electron chi connectivity index (χ0n) is 24.6. The molecule has 0 atom stereocenters. The van der Waals surface area contributed by atoms with Crippen LogP contribution < -0.4 is 26.0 Å². The second-order valence-electron chi connectivity index (χ2n) is 11.1. The molecule has 2 aromatic carbocycles. The van der Waals surface area contributed by atoms with Gasteiger partial charge in [0.25, 0.3) is 0 Å². The molecule has 0 aliphatic carbocycles. The minimum absolute atomic E-state index is 0.0332. The average molecular weight is 638 g/mol. The molecule has 5 N–H and O–H groups in total. The minimum Gasteiger partial charge on any atom is -0.360 e. The minimum atomic E-state index is -3.97. The Kier molecular flexibility index (Phi) is 10.1. The summed E-state index contributed by atoms with van der Waals surface area (Å²) in [5, 5.41) is 13.0. The Balaban J connectivity index is 1.58. The molecule has 0 unspecified atom stereocenters. The van der Waals surface area contributed by atoms with Crippen LogP contribution in [-0.2, 0) is 16.6 Å². The lowest BCUT2D eigenvalue weighted by atomic mass is 10.1. The third-order valence-electron chi connectivity index (χ3n) is 5.71. The van der Waals surface area contributed by atoms with Crippen LogP contribution in [0.5, 0.6) is 0 Å². The zero-order chi connectivity index (χ0) is 31.2. The standard InChI is InChI=1S/C30H35N7O3S3/c1-19(2)34-29(41)36-21-11-9-20(10-12-21)27-32-18-25(42-27)24-14-13-22(16-26(24)43(39,40)37-30(3,4)5)35-28(38)33-17-23-8-6-7-15-31-23/h6-16,18-19,37H,17H2,1-5H3,(H2,33,35,38)(H2,34,36,41). The molecular weight excluding hydrogens is 603 g/mol. The maximum atomic E-state index is 13.6. The molecule has 226 valence electrons. The van der Waals surface area contributed by atoms with Crippen LogP contribution in [-0.4, -0.2) is 41.1 Å². The molecule has 2 aromatic heterocycles. The first-order chi connectivity index (χ1) is 20.3. The number of sulfonamides is 1. The normalized spacial score (nSPS) is 11.7. The fourth-order valence-corrected chi connectivity index (χ4v) is 7.04. The Bertz CT molecular complexity index is 1680. The number of anilines is 2. The van der Waals surface area contributed by atoms with Gasteiger partial charge in [0, 0.05) is 46.5 Å². The lowest BCUT2D eigenvalue weighted by Gasteiger charge is -2.22. The average Bonchev–Trinajstić information content (AvgIpc) is 3.41. The van der Waals surface area contributed by atoms with E-state index in [1.807, 2.05) is 44.2 Å². The molecule has 0 saturated carbocycles. The molecule has 0 radical (unpaired) electrons. The molecule has 0 spiro atoms. The van der Waals surface area contributed by atoms with Gasteiger partial charge in [-0.05, 0) is 95.4 Å². The summed E-state index contributed by atoms with van der Waals surface area (Å²) in [6.45, 7) is 9.56. The molecule has 13 heteroatoms. The largest absolute Gasteiger partial charge is 0.360 e. The van der Waals surface area contributed by atoms with Gasteiger partial charge < -0.3 is 21.3 Å². The molecule has 0 fully saturated rings. The van der Waals surface area contributed by atoms with Crippen molar-refractivity contribution in [3.05, 3.63) is 78.8 Å². The van der Waals surface area contributed by atoms with Crippen LogP contribution in [0.15, 0.2) is 78.0 Å². The number of aromatic nitrogens is 2. The van der Waals surface area contributed by atoms with E-state index in [4.69, 9.17) is 12.2 Å². The van der Waals surface area contributed by atoms with E-state index < -0.39 is 21.6 Å². The Morgan fingerprint density at radius 3 is 2.35 bits per heavy atom. The summed E-state index contributed by atoms with van der Waals surface area (Å²) in [5.74, 6) is 0. The molecule has 4 rings (SSSR count). The maximum Gasteiger partial charge on any atom is 0.319 e. The van der Waals surface area contributed by atoms with Crippen LogP contribution in [0.1, 0.15) is 40.3 Å². The number of nitrogens with zero attached hydrogens (tertiary/aromatic N) is 2. The first kappa shape index (κ1) is 32.0. The number of hydrogen-bond donors (Lipinski definition) is 5. The van der Waals surface area contributed by atoms with E-state index in [1.54, 1.807) is 57.4 Å². The number of pyridine rings is 1. The van der Waals surface area contributed by atoms with Gasteiger partial charge in [-0.1, -0.05) is 12.1 Å². The van der Waals surface area contributed by atoms with E-state index in [2.05, 4.69) is 36.0 Å². The lowest BCUT2D eigenvalue weighted by molar-refractivity contribution is 0.251. The zero-order valence-corrected chi connectivity index (χ0v) is 27.0. The van der Waals surface area contributed by atoms with Crippen LogP contribution in [0, 0.1) is 0 Å². The number of rotatable bonds is 9. The summed E-state index contributed by atoms with van der Waals surface area (Å²) >= 11 is 6.69. The quantitative estimate of drug-likeness (QED) is 0.142. The van der Waals surface area contributed by atoms with Gasteiger partial charge in [0.05, 0.1) is 22.0 Å². The summed E-state index contributed by atoms with van der Waals surface area (Å²) in [6.07, 6.45) is 3.30. The number of thiocarbonyl (C=S) groups is 1. The highest BCUT2D eigenvalue weighted by molar-refractivity contribution is 7.89. The maximum absolute atomic E-state index is 13.6. The number of hydrogen-bond acceptors (Lipinski definition) is 7. The highest BCUT2D eigenvalue weighted by Crippen LogP contribution is 2.37. The molecule has 2 amide bonds. The number of benzene rings is 2. The molecule has 10 nitrogen and oxygen atoms in total. The highest BCUT2D eigenvalue weighted by Gasteiger charge is 2.26. The molecule has 4 aromatic rings. The van der Waals surface area contributed by atoms with Crippen molar-refractivity contribution in [2.45, 2.75) is 57.6 Å². The van der Waals surface area contributed by atoms with E-state index in [9.17, 15) is 13.2 Å². The van der Waals surface area contributed by atoms with Gasteiger partial charge in [0.2, 0.25) is 10.0 Å². The van der Waals surface area contributed by atoms with E-state index in [0.29, 0.717) is 26.9 Å². The van der Waals surface area contributed by atoms with Gasteiger partial charge in [-0.3, -0.25) is 4.98 Å². The second-order valence-corrected chi connectivity index (χ2v) is 14.1. The number of urea groups is 1. The van der Waals surface area contributed by atoms with E-state index in [-0.39, 0.29) is 17.5 Å². The smallest absolute Gasteiger partial charge is 0.319 e.